The van der Waals surface area contributed by atoms with E-state index in [9.17, 15) is 5.11 Å². The molecule has 0 saturated carbocycles. The van der Waals surface area contributed by atoms with Gasteiger partial charge in [-0.05, 0) is 30.2 Å². The fourth-order valence-corrected chi connectivity index (χ4v) is 1.61. The van der Waals surface area contributed by atoms with Gasteiger partial charge in [0.25, 0.3) is 0 Å². The van der Waals surface area contributed by atoms with Crippen LogP contribution in [0.1, 0.15) is 25.0 Å². The summed E-state index contributed by atoms with van der Waals surface area (Å²) in [6.07, 6.45) is 0. The molecule has 0 unspecified atom stereocenters. The maximum Gasteiger partial charge on any atom is 0.119 e. The lowest BCUT2D eigenvalue weighted by Gasteiger charge is -2.24. The highest BCUT2D eigenvalue weighted by molar-refractivity contribution is 5.38. The lowest BCUT2D eigenvalue weighted by molar-refractivity contribution is 0.218. The van der Waals surface area contributed by atoms with Crippen molar-refractivity contribution in [3.05, 3.63) is 29.3 Å². The smallest absolute Gasteiger partial charge is 0.119 e. The molecule has 2 heteroatoms. The fourth-order valence-electron chi connectivity index (χ4n) is 1.61. The number of hydrogen-bond donors (Lipinski definition) is 1. The summed E-state index contributed by atoms with van der Waals surface area (Å²) in [5.74, 6) is 0.861. The second-order valence-electron chi connectivity index (χ2n) is 4.22. The Labute approximate surface area is 85.5 Å². The van der Waals surface area contributed by atoms with Crippen LogP contribution in [0, 0.1) is 6.92 Å². The first kappa shape index (κ1) is 11.1. The molecule has 0 aliphatic carbocycles. The van der Waals surface area contributed by atoms with Crippen LogP contribution in [0.25, 0.3) is 0 Å². The molecule has 0 bridgehead atoms. The van der Waals surface area contributed by atoms with Crippen molar-refractivity contribution in [2.24, 2.45) is 0 Å². The molecule has 0 amide bonds. The van der Waals surface area contributed by atoms with Crippen molar-refractivity contribution in [3.63, 3.8) is 0 Å². The molecule has 14 heavy (non-hydrogen) atoms. The number of aliphatic hydroxyl groups is 1. The molecule has 0 aromatic heterocycles. The van der Waals surface area contributed by atoms with Crippen LogP contribution in [-0.2, 0) is 5.41 Å². The summed E-state index contributed by atoms with van der Waals surface area (Å²) in [5.41, 5.74) is 2.14. The standard InChI is InChI=1S/C12H18O2/c1-9-7-10(14-4)5-6-11(9)12(2,3)8-13/h5-7,13H,8H2,1-4H3. The lowest BCUT2D eigenvalue weighted by Crippen LogP contribution is -2.23. The van der Waals surface area contributed by atoms with E-state index in [0.29, 0.717) is 0 Å². The molecule has 0 atom stereocenters. The Morgan fingerprint density at radius 1 is 1.36 bits per heavy atom. The van der Waals surface area contributed by atoms with E-state index in [4.69, 9.17) is 4.74 Å². The van der Waals surface area contributed by atoms with Gasteiger partial charge < -0.3 is 9.84 Å². The van der Waals surface area contributed by atoms with Crippen LogP contribution in [0.3, 0.4) is 0 Å². The molecule has 2 nitrogen and oxygen atoms in total. The summed E-state index contributed by atoms with van der Waals surface area (Å²) in [6.45, 7) is 6.25. The second kappa shape index (κ2) is 4.01. The Morgan fingerprint density at radius 3 is 2.43 bits per heavy atom. The number of rotatable bonds is 3. The third-order valence-electron chi connectivity index (χ3n) is 2.56. The van der Waals surface area contributed by atoms with Gasteiger partial charge in [-0.3, -0.25) is 0 Å². The molecule has 78 valence electrons. The third kappa shape index (κ3) is 2.07. The maximum atomic E-state index is 9.27. The van der Waals surface area contributed by atoms with Gasteiger partial charge in [0, 0.05) is 5.41 Å². The van der Waals surface area contributed by atoms with Crippen LogP contribution in [0.4, 0.5) is 0 Å². The highest BCUT2D eigenvalue weighted by Crippen LogP contribution is 2.28. The molecule has 0 fully saturated rings. The van der Waals surface area contributed by atoms with Crippen molar-refractivity contribution in [3.8, 4) is 5.75 Å². The highest BCUT2D eigenvalue weighted by Gasteiger charge is 2.21. The van der Waals surface area contributed by atoms with Crippen LogP contribution in [0.5, 0.6) is 5.75 Å². The van der Waals surface area contributed by atoms with Gasteiger partial charge in [0.05, 0.1) is 13.7 Å². The topological polar surface area (TPSA) is 29.5 Å². The number of aliphatic hydroxyl groups excluding tert-OH is 1. The van der Waals surface area contributed by atoms with E-state index >= 15 is 0 Å². The van der Waals surface area contributed by atoms with Crippen molar-refractivity contribution < 1.29 is 9.84 Å². The zero-order chi connectivity index (χ0) is 10.8. The molecular weight excluding hydrogens is 176 g/mol. The van der Waals surface area contributed by atoms with Gasteiger partial charge in [0.15, 0.2) is 0 Å². The minimum Gasteiger partial charge on any atom is -0.497 e. The molecular formula is C12H18O2. The molecule has 1 aromatic carbocycles. The van der Waals surface area contributed by atoms with E-state index in [1.165, 1.54) is 5.56 Å². The van der Waals surface area contributed by atoms with E-state index in [1.807, 2.05) is 39.0 Å². The van der Waals surface area contributed by atoms with E-state index in [-0.39, 0.29) is 12.0 Å². The predicted octanol–water partition coefficient (Wildman–Crippen LogP) is 2.27. The Morgan fingerprint density at radius 2 is 2.00 bits per heavy atom. The van der Waals surface area contributed by atoms with Crippen molar-refractivity contribution in [1.82, 2.24) is 0 Å². The van der Waals surface area contributed by atoms with Crippen molar-refractivity contribution in [2.75, 3.05) is 13.7 Å². The van der Waals surface area contributed by atoms with Gasteiger partial charge >= 0.3 is 0 Å². The number of benzene rings is 1. The molecule has 0 spiro atoms. The van der Waals surface area contributed by atoms with Crippen molar-refractivity contribution >= 4 is 0 Å². The summed E-state index contributed by atoms with van der Waals surface area (Å²) in [4.78, 5) is 0. The molecule has 0 saturated heterocycles. The van der Waals surface area contributed by atoms with Crippen LogP contribution >= 0.6 is 0 Å². The average Bonchev–Trinajstić information content (AvgIpc) is 2.17. The largest absolute Gasteiger partial charge is 0.497 e. The van der Waals surface area contributed by atoms with Crippen molar-refractivity contribution in [1.29, 1.82) is 0 Å². The summed E-state index contributed by atoms with van der Waals surface area (Å²) < 4.78 is 5.13. The summed E-state index contributed by atoms with van der Waals surface area (Å²) in [7, 11) is 1.66. The summed E-state index contributed by atoms with van der Waals surface area (Å²) >= 11 is 0. The van der Waals surface area contributed by atoms with E-state index in [2.05, 4.69) is 0 Å². The van der Waals surface area contributed by atoms with Gasteiger partial charge in [-0.2, -0.15) is 0 Å². The van der Waals surface area contributed by atoms with Crippen LogP contribution in [-0.4, -0.2) is 18.8 Å². The summed E-state index contributed by atoms with van der Waals surface area (Å²) in [6, 6.07) is 5.94. The fraction of sp³-hybridized carbons (Fsp3) is 0.500. The first-order valence-corrected chi connectivity index (χ1v) is 4.77. The first-order chi connectivity index (χ1) is 6.51. The first-order valence-electron chi connectivity index (χ1n) is 4.77. The van der Waals surface area contributed by atoms with E-state index in [1.54, 1.807) is 7.11 Å². The van der Waals surface area contributed by atoms with Crippen LogP contribution in [0.2, 0.25) is 0 Å². The quantitative estimate of drug-likeness (QED) is 0.799. The van der Waals surface area contributed by atoms with Crippen molar-refractivity contribution in [2.45, 2.75) is 26.2 Å². The van der Waals surface area contributed by atoms with Crippen LogP contribution in [0.15, 0.2) is 18.2 Å². The third-order valence-corrected chi connectivity index (χ3v) is 2.56. The highest BCUT2D eigenvalue weighted by atomic mass is 16.5. The van der Waals surface area contributed by atoms with Gasteiger partial charge in [-0.1, -0.05) is 19.9 Å². The molecule has 0 heterocycles. The minimum atomic E-state index is -0.184. The molecule has 1 N–H and O–H groups in total. The van der Waals surface area contributed by atoms with Gasteiger partial charge in [-0.25, -0.2) is 0 Å². The van der Waals surface area contributed by atoms with E-state index in [0.717, 1.165) is 11.3 Å². The molecule has 1 aromatic rings. The second-order valence-corrected chi connectivity index (χ2v) is 4.22. The monoisotopic (exact) mass is 194 g/mol. The van der Waals surface area contributed by atoms with E-state index < -0.39 is 0 Å². The molecule has 1 rings (SSSR count). The van der Waals surface area contributed by atoms with Crippen LogP contribution < -0.4 is 4.74 Å². The zero-order valence-corrected chi connectivity index (χ0v) is 9.29. The molecule has 0 radical (unpaired) electrons. The number of aryl methyl sites for hydroxylation is 1. The predicted molar refractivity (Wildman–Crippen MR) is 57.8 cm³/mol. The Kier molecular flexibility index (Phi) is 3.17. The summed E-state index contributed by atoms with van der Waals surface area (Å²) in [5, 5.41) is 9.27. The lowest BCUT2D eigenvalue weighted by atomic mass is 9.83. The number of ether oxygens (including phenoxy) is 1. The van der Waals surface area contributed by atoms with Gasteiger partial charge in [0.1, 0.15) is 5.75 Å². The Bertz CT molecular complexity index is 316. The Balaban J connectivity index is 3.12. The molecule has 0 aliphatic heterocycles. The maximum absolute atomic E-state index is 9.27. The molecule has 0 aliphatic rings. The SMILES string of the molecule is COc1ccc(C(C)(C)CO)c(C)c1. The van der Waals surface area contributed by atoms with Gasteiger partial charge in [0.2, 0.25) is 0 Å². The minimum absolute atomic E-state index is 0.153. The average molecular weight is 194 g/mol. The number of hydrogen-bond acceptors (Lipinski definition) is 2. The normalized spacial score (nSPS) is 11.5. The zero-order valence-electron chi connectivity index (χ0n) is 9.29. The Hall–Kier alpha value is -1.02. The van der Waals surface area contributed by atoms with Gasteiger partial charge in [-0.15, -0.1) is 0 Å². The number of methoxy groups -OCH3 is 1.